The van der Waals surface area contributed by atoms with E-state index in [1.807, 2.05) is 28.7 Å². The van der Waals surface area contributed by atoms with Gasteiger partial charge in [0.1, 0.15) is 0 Å². The summed E-state index contributed by atoms with van der Waals surface area (Å²) in [4.78, 5) is 34.9. The third-order valence-electron chi connectivity index (χ3n) is 7.41. The van der Waals surface area contributed by atoms with E-state index in [1.54, 1.807) is 13.3 Å². The first-order valence-corrected chi connectivity index (χ1v) is 12.2. The van der Waals surface area contributed by atoms with Gasteiger partial charge in [-0.05, 0) is 51.6 Å². The van der Waals surface area contributed by atoms with Crippen LogP contribution in [-0.4, -0.2) is 83.5 Å². The summed E-state index contributed by atoms with van der Waals surface area (Å²) in [5.41, 5.74) is 3.89. The van der Waals surface area contributed by atoms with Gasteiger partial charge in [0.2, 0.25) is 5.91 Å². The van der Waals surface area contributed by atoms with Crippen molar-refractivity contribution in [2.75, 3.05) is 46.4 Å². The van der Waals surface area contributed by atoms with Crippen LogP contribution in [0.2, 0.25) is 0 Å². The molecular weight excluding hydrogens is 418 g/mol. The van der Waals surface area contributed by atoms with Gasteiger partial charge in [0.15, 0.2) is 0 Å². The molecule has 1 saturated carbocycles. The van der Waals surface area contributed by atoms with E-state index >= 15 is 0 Å². The van der Waals surface area contributed by atoms with Crippen LogP contribution in [-0.2, 0) is 9.53 Å². The summed E-state index contributed by atoms with van der Waals surface area (Å²) in [5, 5.41) is 4.54. The zero-order valence-corrected chi connectivity index (χ0v) is 19.6. The maximum absolute atomic E-state index is 13.5. The molecule has 8 nitrogen and oxygen atoms in total. The largest absolute Gasteiger partial charge is 0.385 e. The number of rotatable bonds is 7. The molecule has 5 rings (SSSR count). The molecule has 1 aromatic rings. The fraction of sp³-hybridized carbons (Fsp3) is 0.600. The molecule has 0 N–H and O–H groups in total. The molecule has 1 unspecified atom stereocenters. The Balaban J connectivity index is 1.31. The van der Waals surface area contributed by atoms with Crippen LogP contribution in [0.25, 0.3) is 5.57 Å². The van der Waals surface area contributed by atoms with Crippen LogP contribution in [0.5, 0.6) is 0 Å². The molecule has 8 heteroatoms. The predicted octanol–water partition coefficient (Wildman–Crippen LogP) is 2.73. The molecule has 0 radical (unpaired) electrons. The number of carbonyl (C=O) groups is 2. The van der Waals surface area contributed by atoms with Crippen LogP contribution >= 0.6 is 0 Å². The summed E-state index contributed by atoms with van der Waals surface area (Å²) in [6.07, 6.45) is 11.1. The van der Waals surface area contributed by atoms with E-state index in [0.29, 0.717) is 17.3 Å². The first-order valence-electron chi connectivity index (χ1n) is 12.2. The summed E-state index contributed by atoms with van der Waals surface area (Å²) >= 11 is 0. The fourth-order valence-electron chi connectivity index (χ4n) is 5.16. The Bertz CT molecular complexity index is 1020. The Morgan fingerprint density at radius 1 is 1.18 bits per heavy atom. The van der Waals surface area contributed by atoms with E-state index in [1.165, 1.54) is 6.42 Å². The molecule has 3 heterocycles. The summed E-state index contributed by atoms with van der Waals surface area (Å²) in [7, 11) is 1.74. The monoisotopic (exact) mass is 451 g/mol. The number of methoxy groups -OCH3 is 1. The molecule has 2 fully saturated rings. The van der Waals surface area contributed by atoms with Crippen LogP contribution in [0.3, 0.4) is 0 Å². The van der Waals surface area contributed by atoms with Gasteiger partial charge in [-0.3, -0.25) is 19.2 Å². The fourth-order valence-corrected chi connectivity index (χ4v) is 5.16. The minimum atomic E-state index is -0.321. The molecule has 2 aliphatic heterocycles. The van der Waals surface area contributed by atoms with Crippen molar-refractivity contribution in [3.8, 4) is 0 Å². The lowest BCUT2D eigenvalue weighted by atomic mass is 9.84. The second-order valence-electron chi connectivity index (χ2n) is 9.55. The highest BCUT2D eigenvalue weighted by atomic mass is 16.5. The molecule has 176 valence electrons. The number of piperazine rings is 1. The van der Waals surface area contributed by atoms with E-state index in [0.717, 1.165) is 81.9 Å². The second kappa shape index (κ2) is 9.35. The topological polar surface area (TPSA) is 80.0 Å². The van der Waals surface area contributed by atoms with Gasteiger partial charge in [-0.15, -0.1) is 0 Å². The number of fused-ring (bicyclic) bond motifs is 3. The van der Waals surface area contributed by atoms with E-state index < -0.39 is 0 Å². The number of hydrogen-bond acceptors (Lipinski definition) is 5. The molecule has 0 spiro atoms. The molecule has 0 aromatic carbocycles. The minimum Gasteiger partial charge on any atom is -0.385 e. The second-order valence-corrected chi connectivity index (χ2v) is 9.55. The Morgan fingerprint density at radius 3 is 2.67 bits per heavy atom. The summed E-state index contributed by atoms with van der Waals surface area (Å²) in [5.74, 6) is -0.418. The van der Waals surface area contributed by atoms with Gasteiger partial charge in [0, 0.05) is 45.5 Å². The SMILES string of the molecule is COCCCCN1CCN(C(=O)C2C=C3C(=NC(=O)c4cnn(C5CCC5)c43)C=C2C)CC1. The van der Waals surface area contributed by atoms with Crippen molar-refractivity contribution in [3.63, 3.8) is 0 Å². The highest BCUT2D eigenvalue weighted by molar-refractivity contribution is 6.36. The lowest BCUT2D eigenvalue weighted by Gasteiger charge is -2.37. The standard InChI is InChI=1S/C25H33N5O3/c1-17-14-22-20(23-21(24(31)27-22)16-26-30(23)18-6-5-7-18)15-19(17)25(32)29-11-9-28(10-12-29)8-3-4-13-33-2/h14-16,18-19H,3-13H2,1-2H3. The van der Waals surface area contributed by atoms with Gasteiger partial charge in [0.05, 0.1) is 35.1 Å². The first kappa shape index (κ1) is 22.2. The van der Waals surface area contributed by atoms with Gasteiger partial charge in [0.25, 0.3) is 5.91 Å². The number of ether oxygens (including phenoxy) is 1. The number of allylic oxidation sites excluding steroid dienone is 2. The maximum Gasteiger partial charge on any atom is 0.281 e. The zero-order chi connectivity index (χ0) is 22.9. The number of unbranched alkanes of at least 4 members (excludes halogenated alkanes) is 1. The number of hydrogen-bond donors (Lipinski definition) is 0. The highest BCUT2D eigenvalue weighted by Gasteiger charge is 2.37. The molecular formula is C25H33N5O3. The van der Waals surface area contributed by atoms with Crippen molar-refractivity contribution >= 4 is 23.1 Å². The summed E-state index contributed by atoms with van der Waals surface area (Å²) < 4.78 is 7.13. The van der Waals surface area contributed by atoms with Gasteiger partial charge in [-0.2, -0.15) is 5.10 Å². The van der Waals surface area contributed by atoms with Crippen LogP contribution in [0.4, 0.5) is 0 Å². The summed E-state index contributed by atoms with van der Waals surface area (Å²) in [6, 6.07) is 0.333. The van der Waals surface area contributed by atoms with Gasteiger partial charge in [-0.1, -0.05) is 11.6 Å². The molecule has 0 bridgehead atoms. The van der Waals surface area contributed by atoms with Gasteiger partial charge >= 0.3 is 0 Å². The van der Waals surface area contributed by atoms with Crippen LogP contribution < -0.4 is 0 Å². The Morgan fingerprint density at radius 2 is 1.97 bits per heavy atom. The smallest absolute Gasteiger partial charge is 0.281 e. The Hall–Kier alpha value is -2.58. The average Bonchev–Trinajstić information content (AvgIpc) is 3.21. The quantitative estimate of drug-likeness (QED) is 0.596. The van der Waals surface area contributed by atoms with Crippen LogP contribution in [0.1, 0.15) is 61.1 Å². The van der Waals surface area contributed by atoms with Crippen molar-refractivity contribution < 1.29 is 14.3 Å². The van der Waals surface area contributed by atoms with E-state index in [-0.39, 0.29) is 17.7 Å². The van der Waals surface area contributed by atoms with Gasteiger partial charge < -0.3 is 9.64 Å². The molecule has 33 heavy (non-hydrogen) atoms. The van der Waals surface area contributed by atoms with Crippen molar-refractivity contribution in [1.82, 2.24) is 19.6 Å². The van der Waals surface area contributed by atoms with Crippen LogP contribution in [0.15, 0.2) is 28.9 Å². The number of aliphatic imine (C=N–C) groups is 1. The molecule has 1 atom stereocenters. The lowest BCUT2D eigenvalue weighted by molar-refractivity contribution is -0.134. The van der Waals surface area contributed by atoms with E-state index in [9.17, 15) is 9.59 Å². The summed E-state index contributed by atoms with van der Waals surface area (Å²) in [6.45, 7) is 7.14. The molecule has 1 saturated heterocycles. The van der Waals surface area contributed by atoms with E-state index in [4.69, 9.17) is 4.74 Å². The number of aromatic nitrogens is 2. The van der Waals surface area contributed by atoms with E-state index in [2.05, 4.69) is 15.0 Å². The third kappa shape index (κ3) is 4.22. The maximum atomic E-state index is 13.5. The zero-order valence-electron chi connectivity index (χ0n) is 19.6. The number of amides is 2. The van der Waals surface area contributed by atoms with Crippen molar-refractivity contribution in [2.24, 2.45) is 10.9 Å². The molecule has 1 aromatic heterocycles. The van der Waals surface area contributed by atoms with Gasteiger partial charge in [-0.25, -0.2) is 4.99 Å². The minimum absolute atomic E-state index is 0.141. The highest BCUT2D eigenvalue weighted by Crippen LogP contribution is 2.39. The van der Waals surface area contributed by atoms with Crippen LogP contribution in [0, 0.1) is 5.92 Å². The van der Waals surface area contributed by atoms with Crippen molar-refractivity contribution in [2.45, 2.75) is 45.1 Å². The van der Waals surface area contributed by atoms with Crippen molar-refractivity contribution in [1.29, 1.82) is 0 Å². The van der Waals surface area contributed by atoms with Crippen molar-refractivity contribution in [3.05, 3.63) is 35.2 Å². The normalized spacial score (nSPS) is 23.3. The lowest BCUT2D eigenvalue weighted by Crippen LogP contribution is -2.50. The third-order valence-corrected chi connectivity index (χ3v) is 7.41. The average molecular weight is 452 g/mol. The number of nitrogens with zero attached hydrogens (tertiary/aromatic N) is 5. The molecule has 2 aliphatic carbocycles. The Labute approximate surface area is 195 Å². The predicted molar refractivity (Wildman–Crippen MR) is 126 cm³/mol. The molecule has 4 aliphatic rings. The Kier molecular flexibility index (Phi) is 6.29. The molecule has 2 amide bonds. The number of carbonyl (C=O) groups excluding carboxylic acids is 2. The first-order chi connectivity index (χ1) is 16.1.